The Morgan fingerprint density at radius 2 is 1.74 bits per heavy atom. The predicted octanol–water partition coefficient (Wildman–Crippen LogP) is 2.03. The number of nitrogens with zero attached hydrogens (tertiary/aromatic N) is 1. The van der Waals surface area contributed by atoms with Crippen molar-refractivity contribution in [3.8, 4) is 11.8 Å². The normalized spacial score (nSPS) is 12.9. The fourth-order valence-electron chi connectivity index (χ4n) is 1.63. The second-order valence-electron chi connectivity index (χ2n) is 5.61. The molecular formula is C17H22N2O4. The van der Waals surface area contributed by atoms with Crippen LogP contribution in [0, 0.1) is 17.2 Å². The van der Waals surface area contributed by atoms with Crippen LogP contribution in [0.5, 0.6) is 5.75 Å². The van der Waals surface area contributed by atoms with Crippen molar-refractivity contribution < 1.29 is 19.1 Å². The van der Waals surface area contributed by atoms with Gasteiger partial charge >= 0.3 is 5.97 Å². The molecule has 0 radical (unpaired) electrons. The summed E-state index contributed by atoms with van der Waals surface area (Å²) in [5, 5.41) is 11.4. The number of ether oxygens (including phenoxy) is 2. The molecule has 6 nitrogen and oxygen atoms in total. The summed E-state index contributed by atoms with van der Waals surface area (Å²) in [7, 11) is 0. The molecule has 0 heterocycles. The molecule has 0 saturated carbocycles. The van der Waals surface area contributed by atoms with Crippen molar-refractivity contribution in [2.24, 2.45) is 5.92 Å². The van der Waals surface area contributed by atoms with Gasteiger partial charge in [-0.3, -0.25) is 4.79 Å². The van der Waals surface area contributed by atoms with Crippen molar-refractivity contribution >= 4 is 11.9 Å². The number of carbonyl (C=O) groups is 2. The van der Waals surface area contributed by atoms with Gasteiger partial charge in [0.25, 0.3) is 5.91 Å². The van der Waals surface area contributed by atoms with Crippen molar-refractivity contribution in [3.05, 3.63) is 29.8 Å². The Hall–Kier alpha value is -2.55. The first-order valence-electron chi connectivity index (χ1n) is 7.48. The van der Waals surface area contributed by atoms with Gasteiger partial charge in [-0.25, -0.2) is 4.79 Å². The van der Waals surface area contributed by atoms with Crippen LogP contribution in [-0.2, 0) is 14.3 Å². The molecule has 0 fully saturated rings. The summed E-state index contributed by atoms with van der Waals surface area (Å²) in [6.07, 6.45) is -1.74. The van der Waals surface area contributed by atoms with E-state index in [0.29, 0.717) is 23.8 Å². The average molecular weight is 318 g/mol. The topological polar surface area (TPSA) is 88.4 Å². The lowest BCUT2D eigenvalue weighted by Gasteiger charge is -2.18. The van der Waals surface area contributed by atoms with Crippen LogP contribution < -0.4 is 10.1 Å². The van der Waals surface area contributed by atoms with Crippen LogP contribution in [0.25, 0.3) is 0 Å². The van der Waals surface area contributed by atoms with E-state index in [1.807, 2.05) is 19.9 Å². The van der Waals surface area contributed by atoms with E-state index < -0.39 is 18.2 Å². The van der Waals surface area contributed by atoms with Gasteiger partial charge in [0.1, 0.15) is 5.75 Å². The van der Waals surface area contributed by atoms with Gasteiger partial charge in [-0.2, -0.15) is 5.26 Å². The molecule has 0 spiro atoms. The fourth-order valence-corrected chi connectivity index (χ4v) is 1.63. The largest absolute Gasteiger partial charge is 0.479 e. The van der Waals surface area contributed by atoms with Crippen LogP contribution in [0.3, 0.4) is 0 Å². The number of hydrogen-bond donors (Lipinski definition) is 1. The van der Waals surface area contributed by atoms with E-state index in [0.717, 1.165) is 0 Å². The van der Waals surface area contributed by atoms with E-state index in [1.165, 1.54) is 6.92 Å². The van der Waals surface area contributed by atoms with Gasteiger partial charge in [-0.15, -0.1) is 0 Å². The van der Waals surface area contributed by atoms with Crippen molar-refractivity contribution in [3.63, 3.8) is 0 Å². The third-order valence-corrected chi connectivity index (χ3v) is 2.97. The van der Waals surface area contributed by atoms with Gasteiger partial charge in [-0.05, 0) is 44.0 Å². The number of esters is 1. The highest BCUT2D eigenvalue weighted by molar-refractivity contribution is 5.84. The van der Waals surface area contributed by atoms with Crippen LogP contribution in [0.1, 0.15) is 33.3 Å². The lowest BCUT2D eigenvalue weighted by Crippen LogP contribution is -2.40. The summed E-state index contributed by atoms with van der Waals surface area (Å²) >= 11 is 0. The van der Waals surface area contributed by atoms with Gasteiger partial charge in [0.2, 0.25) is 0 Å². The van der Waals surface area contributed by atoms with Gasteiger partial charge in [0, 0.05) is 6.54 Å². The number of rotatable bonds is 7. The van der Waals surface area contributed by atoms with E-state index in [1.54, 1.807) is 31.2 Å². The fraction of sp³-hybridized carbons (Fsp3) is 0.471. The summed E-state index contributed by atoms with van der Waals surface area (Å²) in [5.41, 5.74) is 0.503. The summed E-state index contributed by atoms with van der Waals surface area (Å²) in [6.45, 7) is 7.54. The third-order valence-electron chi connectivity index (χ3n) is 2.97. The third kappa shape index (κ3) is 6.39. The first kappa shape index (κ1) is 18.5. The van der Waals surface area contributed by atoms with Crippen molar-refractivity contribution in [1.29, 1.82) is 5.26 Å². The first-order chi connectivity index (χ1) is 10.8. The average Bonchev–Trinajstić information content (AvgIpc) is 2.52. The summed E-state index contributed by atoms with van der Waals surface area (Å²) in [4.78, 5) is 23.7. The zero-order valence-electron chi connectivity index (χ0n) is 13.8. The molecule has 23 heavy (non-hydrogen) atoms. The minimum atomic E-state index is -0.881. The van der Waals surface area contributed by atoms with Crippen molar-refractivity contribution in [2.45, 2.75) is 39.9 Å². The van der Waals surface area contributed by atoms with Crippen LogP contribution in [-0.4, -0.2) is 30.6 Å². The molecule has 0 aliphatic heterocycles. The SMILES string of the molecule is CC(C)CNC(=O)[C@@H](C)OC(=O)[C@@H](C)Oc1ccc(C#N)cc1. The molecule has 2 atom stereocenters. The molecule has 0 aliphatic rings. The highest BCUT2D eigenvalue weighted by atomic mass is 16.6. The Bertz CT molecular complexity index is 575. The number of nitrogens with one attached hydrogen (secondary N) is 1. The molecule has 0 aromatic heterocycles. The molecule has 1 rings (SSSR count). The lowest BCUT2D eigenvalue weighted by molar-refractivity contribution is -0.160. The molecule has 1 amide bonds. The molecule has 1 aromatic carbocycles. The van der Waals surface area contributed by atoms with E-state index in [2.05, 4.69) is 5.32 Å². The maximum atomic E-state index is 11.9. The number of hydrogen-bond acceptors (Lipinski definition) is 5. The highest BCUT2D eigenvalue weighted by Gasteiger charge is 2.23. The quantitative estimate of drug-likeness (QED) is 0.777. The second kappa shape index (κ2) is 8.79. The van der Waals surface area contributed by atoms with Gasteiger partial charge in [0.05, 0.1) is 11.6 Å². The molecule has 6 heteroatoms. The van der Waals surface area contributed by atoms with Crippen molar-refractivity contribution in [1.82, 2.24) is 5.32 Å². The van der Waals surface area contributed by atoms with Crippen LogP contribution in [0.2, 0.25) is 0 Å². The standard InChI is InChI=1S/C17H22N2O4/c1-11(2)10-19-16(20)12(3)23-17(21)13(4)22-15-7-5-14(9-18)6-8-15/h5-8,11-13H,10H2,1-4H3,(H,19,20)/t12-,13-/m1/s1. The second-order valence-corrected chi connectivity index (χ2v) is 5.61. The lowest BCUT2D eigenvalue weighted by atomic mass is 10.2. The molecule has 0 aliphatic carbocycles. The summed E-state index contributed by atoms with van der Waals surface area (Å²) < 4.78 is 10.5. The summed E-state index contributed by atoms with van der Waals surface area (Å²) in [6, 6.07) is 8.38. The number of benzene rings is 1. The number of nitriles is 1. The number of carbonyl (C=O) groups excluding carboxylic acids is 2. The maximum absolute atomic E-state index is 11.9. The van der Waals surface area contributed by atoms with Gasteiger partial charge < -0.3 is 14.8 Å². The highest BCUT2D eigenvalue weighted by Crippen LogP contribution is 2.14. The summed E-state index contributed by atoms with van der Waals surface area (Å²) in [5.74, 6) is -0.190. The molecule has 1 aromatic rings. The number of amides is 1. The zero-order valence-corrected chi connectivity index (χ0v) is 13.8. The van der Waals surface area contributed by atoms with E-state index in [4.69, 9.17) is 14.7 Å². The first-order valence-corrected chi connectivity index (χ1v) is 7.48. The van der Waals surface area contributed by atoms with Crippen LogP contribution in [0.4, 0.5) is 0 Å². The Kier molecular flexibility index (Phi) is 7.07. The van der Waals surface area contributed by atoms with Gasteiger partial charge in [-0.1, -0.05) is 13.8 Å². The van der Waals surface area contributed by atoms with Crippen molar-refractivity contribution in [2.75, 3.05) is 6.54 Å². The molecule has 124 valence electrons. The molecule has 0 bridgehead atoms. The Morgan fingerprint density at radius 3 is 2.26 bits per heavy atom. The van der Waals surface area contributed by atoms with E-state index in [-0.39, 0.29) is 5.91 Å². The monoisotopic (exact) mass is 318 g/mol. The van der Waals surface area contributed by atoms with E-state index in [9.17, 15) is 9.59 Å². The van der Waals surface area contributed by atoms with E-state index >= 15 is 0 Å². The molecule has 1 N–H and O–H groups in total. The smallest absolute Gasteiger partial charge is 0.347 e. The minimum absolute atomic E-state index is 0.320. The zero-order chi connectivity index (χ0) is 17.4. The maximum Gasteiger partial charge on any atom is 0.347 e. The van der Waals surface area contributed by atoms with Crippen LogP contribution in [0.15, 0.2) is 24.3 Å². The van der Waals surface area contributed by atoms with Gasteiger partial charge in [0.15, 0.2) is 12.2 Å². The Labute approximate surface area is 136 Å². The minimum Gasteiger partial charge on any atom is -0.479 e. The Morgan fingerprint density at radius 1 is 1.13 bits per heavy atom. The molecule has 0 saturated heterocycles. The Balaban J connectivity index is 2.49. The predicted molar refractivity (Wildman–Crippen MR) is 84.6 cm³/mol. The van der Waals surface area contributed by atoms with Crippen LogP contribution >= 0.6 is 0 Å². The molecule has 0 unspecified atom stereocenters. The molecular weight excluding hydrogens is 296 g/mol.